The number of hydrogen-bond acceptors (Lipinski definition) is 2. The number of hydrogen-bond donors (Lipinski definition) is 0. The Balaban J connectivity index is 3.38. The zero-order valence-electron chi connectivity index (χ0n) is 16.5. The molecular weight excluding hydrogens is 315 g/mol. The molecule has 1 aromatic rings. The summed E-state index contributed by atoms with van der Waals surface area (Å²) in [5, 5.41) is 0. The molecule has 0 amide bonds. The van der Waals surface area contributed by atoms with Gasteiger partial charge in [-0.15, -0.1) is 0 Å². The maximum absolute atomic E-state index is 13.0. The molecule has 1 rings (SSSR count). The van der Waals surface area contributed by atoms with Crippen LogP contribution in [-0.2, 0) is 4.57 Å². The molecule has 0 N–H and O–H groups in total. The SMILES string of the molecule is CCCCC[PH](=O)C(=O)c1c(C(C)C)cc(C(C)C)cc1C(C)C. The molecule has 0 fully saturated rings. The molecule has 1 atom stereocenters. The summed E-state index contributed by atoms with van der Waals surface area (Å²) < 4.78 is 12.6. The Morgan fingerprint density at radius 3 is 1.79 bits per heavy atom. The van der Waals surface area contributed by atoms with E-state index < -0.39 is 7.80 Å². The highest BCUT2D eigenvalue weighted by Crippen LogP contribution is 2.38. The Bertz CT molecular complexity index is 556. The highest BCUT2D eigenvalue weighted by molar-refractivity contribution is 7.64. The third-order valence-electron chi connectivity index (χ3n) is 4.62. The molecule has 0 aromatic heterocycles. The van der Waals surface area contributed by atoms with Crippen LogP contribution in [0, 0.1) is 0 Å². The van der Waals surface area contributed by atoms with Gasteiger partial charge in [0.1, 0.15) is 7.80 Å². The molecule has 0 spiro atoms. The average Bonchev–Trinajstić information content (AvgIpc) is 2.52. The summed E-state index contributed by atoms with van der Waals surface area (Å²) in [4.78, 5) is 13.0. The van der Waals surface area contributed by atoms with E-state index in [1.165, 1.54) is 5.56 Å². The van der Waals surface area contributed by atoms with Crippen LogP contribution in [0.4, 0.5) is 0 Å². The van der Waals surface area contributed by atoms with Crippen LogP contribution in [0.25, 0.3) is 0 Å². The first-order valence-corrected chi connectivity index (χ1v) is 11.1. The first kappa shape index (κ1) is 21.2. The monoisotopic (exact) mass is 350 g/mol. The molecule has 3 heteroatoms. The second-order valence-corrected chi connectivity index (χ2v) is 9.55. The van der Waals surface area contributed by atoms with Gasteiger partial charge in [0.05, 0.1) is 0 Å². The van der Waals surface area contributed by atoms with Gasteiger partial charge in [-0.05, 0) is 40.9 Å². The second kappa shape index (κ2) is 9.56. The normalized spacial score (nSPS) is 13.1. The lowest BCUT2D eigenvalue weighted by atomic mass is 9.85. The fraction of sp³-hybridized carbons (Fsp3) is 0.667. The van der Waals surface area contributed by atoms with E-state index in [2.05, 4.69) is 60.6 Å². The van der Waals surface area contributed by atoms with Gasteiger partial charge in [0.2, 0.25) is 5.52 Å². The van der Waals surface area contributed by atoms with Gasteiger partial charge in [-0.3, -0.25) is 4.79 Å². The van der Waals surface area contributed by atoms with Crippen molar-refractivity contribution in [1.29, 1.82) is 0 Å². The van der Waals surface area contributed by atoms with E-state index in [9.17, 15) is 9.36 Å². The van der Waals surface area contributed by atoms with Gasteiger partial charge in [0, 0.05) is 11.7 Å². The molecule has 136 valence electrons. The topological polar surface area (TPSA) is 34.1 Å². The van der Waals surface area contributed by atoms with Crippen LogP contribution in [0.5, 0.6) is 0 Å². The molecule has 1 unspecified atom stereocenters. The molecule has 0 saturated heterocycles. The Kier molecular flexibility index (Phi) is 8.43. The number of benzene rings is 1. The predicted molar refractivity (Wildman–Crippen MR) is 106 cm³/mol. The average molecular weight is 350 g/mol. The standard InChI is InChI=1S/C21H35O2P/c1-8-9-10-11-24(23)21(22)20-18(15(4)5)12-17(14(2)3)13-19(20)16(6)7/h12-16,24H,8-11H2,1-7H3. The van der Waals surface area contributed by atoms with E-state index in [1.54, 1.807) is 0 Å². The molecule has 0 heterocycles. The van der Waals surface area contributed by atoms with Crippen LogP contribution in [0.3, 0.4) is 0 Å². The molecule has 0 aliphatic rings. The zero-order chi connectivity index (χ0) is 18.4. The smallest absolute Gasteiger partial charge is 0.219 e. The van der Waals surface area contributed by atoms with Gasteiger partial charge < -0.3 is 4.57 Å². The lowest BCUT2D eigenvalue weighted by Gasteiger charge is -2.22. The minimum Gasteiger partial charge on any atom is -0.318 e. The fourth-order valence-electron chi connectivity index (χ4n) is 3.01. The van der Waals surface area contributed by atoms with E-state index in [-0.39, 0.29) is 17.4 Å². The van der Waals surface area contributed by atoms with Gasteiger partial charge in [-0.25, -0.2) is 0 Å². The van der Waals surface area contributed by atoms with E-state index in [1.807, 2.05) is 0 Å². The molecule has 0 saturated carbocycles. The minimum atomic E-state index is -2.22. The third kappa shape index (κ3) is 5.31. The maximum atomic E-state index is 13.0. The predicted octanol–water partition coefficient (Wildman–Crippen LogP) is 6.95. The van der Waals surface area contributed by atoms with Gasteiger partial charge in [0.15, 0.2) is 0 Å². The van der Waals surface area contributed by atoms with Gasteiger partial charge in [-0.1, -0.05) is 73.4 Å². The van der Waals surface area contributed by atoms with Crippen LogP contribution in [-0.4, -0.2) is 11.7 Å². The van der Waals surface area contributed by atoms with Crippen molar-refractivity contribution in [2.45, 2.75) is 85.5 Å². The van der Waals surface area contributed by atoms with Crippen molar-refractivity contribution in [3.63, 3.8) is 0 Å². The maximum Gasteiger partial charge on any atom is 0.219 e. The second-order valence-electron chi connectivity index (χ2n) is 7.75. The molecular formula is C21H35O2P. The molecule has 0 aliphatic heterocycles. The number of unbranched alkanes of at least 4 members (excludes halogenated alkanes) is 2. The van der Waals surface area contributed by atoms with E-state index >= 15 is 0 Å². The van der Waals surface area contributed by atoms with Crippen molar-refractivity contribution in [2.24, 2.45) is 0 Å². The van der Waals surface area contributed by atoms with Crippen molar-refractivity contribution in [3.05, 3.63) is 34.4 Å². The van der Waals surface area contributed by atoms with Crippen LogP contribution < -0.4 is 0 Å². The van der Waals surface area contributed by atoms with Gasteiger partial charge >= 0.3 is 0 Å². The molecule has 0 radical (unpaired) electrons. The summed E-state index contributed by atoms with van der Waals surface area (Å²) in [6.07, 6.45) is 3.57. The van der Waals surface area contributed by atoms with Gasteiger partial charge in [0.25, 0.3) is 0 Å². The van der Waals surface area contributed by atoms with E-state index in [4.69, 9.17) is 0 Å². The summed E-state index contributed by atoms with van der Waals surface area (Å²) in [7, 11) is -2.22. The van der Waals surface area contributed by atoms with Crippen molar-refractivity contribution in [3.8, 4) is 0 Å². The number of carbonyl (C=O) groups excluding carboxylic acids is 1. The lowest BCUT2D eigenvalue weighted by molar-refractivity contribution is 0.107. The van der Waals surface area contributed by atoms with Crippen LogP contribution in [0.15, 0.2) is 12.1 Å². The van der Waals surface area contributed by atoms with Crippen molar-refractivity contribution in [1.82, 2.24) is 0 Å². The summed E-state index contributed by atoms with van der Waals surface area (Å²) in [5.41, 5.74) is 4.07. The van der Waals surface area contributed by atoms with E-state index in [0.29, 0.717) is 12.1 Å². The number of carbonyl (C=O) groups is 1. The van der Waals surface area contributed by atoms with Crippen LogP contribution >= 0.6 is 7.80 Å². The summed E-state index contributed by atoms with van der Waals surface area (Å²) in [5.74, 6) is 0.932. The summed E-state index contributed by atoms with van der Waals surface area (Å²) in [6, 6.07) is 4.32. The Morgan fingerprint density at radius 2 is 1.42 bits per heavy atom. The summed E-state index contributed by atoms with van der Waals surface area (Å²) in [6.45, 7) is 15.0. The molecule has 0 bridgehead atoms. The highest BCUT2D eigenvalue weighted by Gasteiger charge is 2.25. The van der Waals surface area contributed by atoms with E-state index in [0.717, 1.165) is 36.0 Å². The van der Waals surface area contributed by atoms with Crippen molar-refractivity contribution >= 4 is 13.3 Å². The molecule has 2 nitrogen and oxygen atoms in total. The largest absolute Gasteiger partial charge is 0.318 e. The van der Waals surface area contributed by atoms with Crippen LogP contribution in [0.1, 0.15) is 113 Å². The van der Waals surface area contributed by atoms with Crippen molar-refractivity contribution in [2.75, 3.05) is 6.16 Å². The first-order valence-electron chi connectivity index (χ1n) is 9.45. The summed E-state index contributed by atoms with van der Waals surface area (Å²) >= 11 is 0. The fourth-order valence-corrected chi connectivity index (χ4v) is 4.37. The quantitative estimate of drug-likeness (QED) is 0.357. The third-order valence-corrected chi connectivity index (χ3v) is 6.18. The minimum absolute atomic E-state index is 0.0983. The molecule has 0 aliphatic carbocycles. The molecule has 1 aromatic carbocycles. The zero-order valence-corrected chi connectivity index (χ0v) is 17.5. The number of rotatable bonds is 9. The first-order chi connectivity index (χ1) is 11.2. The Hall–Kier alpha value is -0.880. The molecule has 24 heavy (non-hydrogen) atoms. The highest BCUT2D eigenvalue weighted by atomic mass is 31.1. The van der Waals surface area contributed by atoms with Crippen LogP contribution in [0.2, 0.25) is 0 Å². The van der Waals surface area contributed by atoms with Gasteiger partial charge in [-0.2, -0.15) is 0 Å². The van der Waals surface area contributed by atoms with Crippen molar-refractivity contribution < 1.29 is 9.36 Å². The lowest BCUT2D eigenvalue weighted by Crippen LogP contribution is -2.10. The Morgan fingerprint density at radius 1 is 0.917 bits per heavy atom. The Labute approximate surface area is 149 Å².